The average Bonchev–Trinajstić information content (AvgIpc) is 2.08. The van der Waals surface area contributed by atoms with Gasteiger partial charge in [-0.3, -0.25) is 4.18 Å². The number of rotatable bonds is 9. The Morgan fingerprint density at radius 2 is 1.73 bits per heavy atom. The summed E-state index contributed by atoms with van der Waals surface area (Å²) in [6.07, 6.45) is 10.1. The summed E-state index contributed by atoms with van der Waals surface area (Å²) in [5, 5.41) is 0. The van der Waals surface area contributed by atoms with Crippen LogP contribution in [0.5, 0.6) is 0 Å². The molecule has 0 heterocycles. The van der Waals surface area contributed by atoms with Crippen molar-refractivity contribution in [3.05, 3.63) is 0 Å². The molecule has 0 aliphatic rings. The molecule has 0 radical (unpaired) electrons. The Morgan fingerprint density at radius 1 is 1.20 bits per heavy atom. The first-order valence-corrected chi connectivity index (χ1v) is 8.65. The van der Waals surface area contributed by atoms with Crippen LogP contribution in [0.4, 0.5) is 0 Å². The van der Waals surface area contributed by atoms with Gasteiger partial charge < -0.3 is 0 Å². The van der Waals surface area contributed by atoms with E-state index in [9.17, 15) is 4.21 Å². The number of unbranched alkanes of at least 4 members (excludes halogenated alkanes) is 5. The van der Waals surface area contributed by atoms with E-state index in [1.807, 2.05) is 6.92 Å². The van der Waals surface area contributed by atoms with E-state index in [-0.39, 0.29) is 6.10 Å². The third kappa shape index (κ3) is 12.3. The van der Waals surface area contributed by atoms with Gasteiger partial charge in [-0.1, -0.05) is 45.4 Å². The van der Waals surface area contributed by atoms with Crippen molar-refractivity contribution in [2.24, 2.45) is 0 Å². The highest BCUT2D eigenvalue weighted by atomic mass is 32.8. The molecule has 0 spiro atoms. The minimum absolute atomic E-state index is 0.0335. The minimum atomic E-state index is -2.44. The SMILES string of the molecule is CCCCCCCCC(C)OS(C)(=O)=S. The van der Waals surface area contributed by atoms with E-state index in [1.165, 1.54) is 38.4 Å². The lowest BCUT2D eigenvalue weighted by Gasteiger charge is -2.11. The van der Waals surface area contributed by atoms with Crippen molar-refractivity contribution in [1.82, 2.24) is 0 Å². The Labute approximate surface area is 99.7 Å². The van der Waals surface area contributed by atoms with Crippen LogP contribution in [0, 0.1) is 0 Å². The van der Waals surface area contributed by atoms with Crippen LogP contribution in [0.3, 0.4) is 0 Å². The van der Waals surface area contributed by atoms with Gasteiger partial charge in [-0.05, 0) is 13.3 Å². The van der Waals surface area contributed by atoms with E-state index in [0.29, 0.717) is 0 Å². The van der Waals surface area contributed by atoms with Gasteiger partial charge in [0.2, 0.25) is 0 Å². The van der Waals surface area contributed by atoms with E-state index < -0.39 is 8.77 Å². The molecule has 15 heavy (non-hydrogen) atoms. The molecule has 0 saturated carbocycles. The number of hydrogen-bond donors (Lipinski definition) is 0. The Kier molecular flexibility index (Phi) is 8.66. The molecule has 4 heteroatoms. The molecular weight excluding hydrogens is 228 g/mol. The van der Waals surface area contributed by atoms with E-state index in [2.05, 4.69) is 6.92 Å². The van der Waals surface area contributed by atoms with Crippen molar-refractivity contribution in [3.63, 3.8) is 0 Å². The standard InChI is InChI=1S/C11H24O2S2/c1-4-5-6-7-8-9-10-11(2)13-15(3,12)14/h11H,4-10H2,1-3H3. The fourth-order valence-electron chi connectivity index (χ4n) is 1.56. The summed E-state index contributed by atoms with van der Waals surface area (Å²) in [7, 11) is -2.44. The summed E-state index contributed by atoms with van der Waals surface area (Å²) >= 11 is 4.70. The summed E-state index contributed by atoms with van der Waals surface area (Å²) in [6.45, 7) is 4.17. The Bertz CT molecular complexity index is 235. The lowest BCUT2D eigenvalue weighted by molar-refractivity contribution is 0.230. The first-order valence-electron chi connectivity index (χ1n) is 5.84. The maximum Gasteiger partial charge on any atom is 0.141 e. The van der Waals surface area contributed by atoms with Gasteiger partial charge in [0.05, 0.1) is 6.10 Å². The van der Waals surface area contributed by atoms with Crippen molar-refractivity contribution < 1.29 is 8.39 Å². The average molecular weight is 252 g/mol. The van der Waals surface area contributed by atoms with Crippen LogP contribution in [-0.2, 0) is 24.1 Å². The van der Waals surface area contributed by atoms with Crippen molar-refractivity contribution in [2.45, 2.75) is 64.9 Å². The fourth-order valence-corrected chi connectivity index (χ4v) is 2.65. The molecule has 0 aromatic heterocycles. The molecule has 92 valence electrons. The zero-order valence-electron chi connectivity index (χ0n) is 10.2. The van der Waals surface area contributed by atoms with Gasteiger partial charge in [-0.2, -0.15) is 0 Å². The summed E-state index contributed by atoms with van der Waals surface area (Å²) in [6, 6.07) is 0. The van der Waals surface area contributed by atoms with E-state index in [0.717, 1.165) is 12.8 Å². The van der Waals surface area contributed by atoms with E-state index >= 15 is 0 Å². The molecule has 0 aromatic rings. The van der Waals surface area contributed by atoms with Gasteiger partial charge in [0.15, 0.2) is 0 Å². The van der Waals surface area contributed by atoms with E-state index in [1.54, 1.807) is 0 Å². The second kappa shape index (κ2) is 8.48. The van der Waals surface area contributed by atoms with Crippen molar-refractivity contribution in [3.8, 4) is 0 Å². The molecule has 0 amide bonds. The van der Waals surface area contributed by atoms with Crippen LogP contribution >= 0.6 is 0 Å². The van der Waals surface area contributed by atoms with Gasteiger partial charge in [-0.15, -0.1) is 0 Å². The maximum atomic E-state index is 11.2. The van der Waals surface area contributed by atoms with Gasteiger partial charge in [0.1, 0.15) is 8.77 Å². The van der Waals surface area contributed by atoms with Crippen LogP contribution in [0.1, 0.15) is 58.8 Å². The zero-order chi connectivity index (χ0) is 11.7. The summed E-state index contributed by atoms with van der Waals surface area (Å²) < 4.78 is 16.4. The lowest BCUT2D eigenvalue weighted by atomic mass is 10.1. The third-order valence-electron chi connectivity index (χ3n) is 2.30. The quantitative estimate of drug-likeness (QED) is 0.588. The maximum absolute atomic E-state index is 11.2. The predicted octanol–water partition coefficient (Wildman–Crippen LogP) is 3.43. The third-order valence-corrected chi connectivity index (χ3v) is 3.22. The van der Waals surface area contributed by atoms with Gasteiger partial charge in [0.25, 0.3) is 0 Å². The highest BCUT2D eigenvalue weighted by Gasteiger charge is 2.06. The van der Waals surface area contributed by atoms with Gasteiger partial charge in [-0.25, -0.2) is 4.21 Å². The molecule has 0 fully saturated rings. The molecule has 0 saturated heterocycles. The molecule has 2 nitrogen and oxygen atoms in total. The first-order chi connectivity index (χ1) is 6.95. The molecule has 0 N–H and O–H groups in total. The monoisotopic (exact) mass is 252 g/mol. The van der Waals surface area contributed by atoms with Crippen LogP contribution in [0.15, 0.2) is 0 Å². The molecule has 2 atom stereocenters. The van der Waals surface area contributed by atoms with Gasteiger partial charge >= 0.3 is 0 Å². The first kappa shape index (κ1) is 15.3. The minimum Gasteiger partial charge on any atom is -0.287 e. The van der Waals surface area contributed by atoms with Crippen molar-refractivity contribution in [2.75, 3.05) is 6.26 Å². The molecule has 0 aliphatic carbocycles. The van der Waals surface area contributed by atoms with Crippen molar-refractivity contribution in [1.29, 1.82) is 0 Å². The molecule has 0 rings (SSSR count). The van der Waals surface area contributed by atoms with Crippen LogP contribution in [0.2, 0.25) is 0 Å². The summed E-state index contributed by atoms with van der Waals surface area (Å²) in [5.74, 6) is 0. The Hall–Kier alpha value is 0.330. The number of hydrogen-bond acceptors (Lipinski definition) is 3. The second-order valence-electron chi connectivity index (χ2n) is 4.17. The predicted molar refractivity (Wildman–Crippen MR) is 70.0 cm³/mol. The Morgan fingerprint density at radius 3 is 2.27 bits per heavy atom. The topological polar surface area (TPSA) is 26.3 Å². The molecule has 2 unspecified atom stereocenters. The Balaban J connectivity index is 3.36. The van der Waals surface area contributed by atoms with E-state index in [4.69, 9.17) is 15.4 Å². The highest BCUT2D eigenvalue weighted by Crippen LogP contribution is 2.11. The van der Waals surface area contributed by atoms with Crippen LogP contribution < -0.4 is 0 Å². The van der Waals surface area contributed by atoms with Gasteiger partial charge in [0, 0.05) is 17.4 Å². The largest absolute Gasteiger partial charge is 0.287 e. The van der Waals surface area contributed by atoms with Crippen molar-refractivity contribution >= 4 is 20.0 Å². The van der Waals surface area contributed by atoms with Crippen LogP contribution in [-0.4, -0.2) is 16.6 Å². The summed E-state index contributed by atoms with van der Waals surface area (Å²) in [4.78, 5) is 0. The molecular formula is C11H24O2S2. The lowest BCUT2D eigenvalue weighted by Crippen LogP contribution is -2.12. The molecule has 0 aliphatic heterocycles. The fraction of sp³-hybridized carbons (Fsp3) is 1.00. The molecule has 0 aromatic carbocycles. The smallest absolute Gasteiger partial charge is 0.141 e. The molecule has 0 bridgehead atoms. The zero-order valence-corrected chi connectivity index (χ0v) is 11.8. The second-order valence-corrected chi connectivity index (χ2v) is 7.58. The van der Waals surface area contributed by atoms with Crippen LogP contribution in [0.25, 0.3) is 0 Å². The highest BCUT2D eigenvalue weighted by molar-refractivity contribution is 8.29. The summed E-state index contributed by atoms with van der Waals surface area (Å²) in [5.41, 5.74) is 0. The normalized spacial score (nSPS) is 17.3.